The number of halogens is 1. The van der Waals surface area contributed by atoms with Crippen LogP contribution in [0.2, 0.25) is 5.02 Å². The molecule has 2 rings (SSSR count). The third-order valence-electron chi connectivity index (χ3n) is 4.57. The van der Waals surface area contributed by atoms with Gasteiger partial charge < -0.3 is 15.1 Å². The third kappa shape index (κ3) is 5.04. The Kier molecular flexibility index (Phi) is 6.80. The van der Waals surface area contributed by atoms with Crippen LogP contribution in [0, 0.1) is 0 Å². The number of hydrogen-bond donors (Lipinski definition) is 1. The second-order valence-corrected chi connectivity index (χ2v) is 10.6. The number of nitrogens with one attached hydrogen (secondary N) is 1. The van der Waals surface area contributed by atoms with E-state index in [1.807, 2.05) is 24.3 Å². The van der Waals surface area contributed by atoms with Crippen LogP contribution in [0.1, 0.15) is 20.8 Å². The highest BCUT2D eigenvalue weighted by atomic mass is 35.5. The lowest BCUT2D eigenvalue weighted by Crippen LogP contribution is -2.53. The number of para-hydroxylation sites is 1. The fourth-order valence-corrected chi connectivity index (χ4v) is 4.04. The first-order valence-corrected chi connectivity index (χ1v) is 10.9. The van der Waals surface area contributed by atoms with Crippen LogP contribution < -0.4 is 10.2 Å². The van der Waals surface area contributed by atoms with Crippen LogP contribution in [0.25, 0.3) is 0 Å². The quantitative estimate of drug-likeness (QED) is 0.620. The summed E-state index contributed by atoms with van der Waals surface area (Å²) in [4.78, 5) is 8.71. The van der Waals surface area contributed by atoms with Crippen molar-refractivity contribution in [3.8, 4) is 0 Å². The van der Waals surface area contributed by atoms with E-state index in [4.69, 9.17) is 11.6 Å². The van der Waals surface area contributed by atoms with Crippen molar-refractivity contribution >= 4 is 33.1 Å². The molecule has 1 fully saturated rings. The molecule has 0 amide bonds. The van der Waals surface area contributed by atoms with Gasteiger partial charge in [-0.1, -0.05) is 23.7 Å². The van der Waals surface area contributed by atoms with Gasteiger partial charge in [-0.15, -0.1) is 0 Å². The summed E-state index contributed by atoms with van der Waals surface area (Å²) in [5, 5.41) is 3.95. The predicted octanol–water partition coefficient (Wildman–Crippen LogP) is 2.25. The summed E-state index contributed by atoms with van der Waals surface area (Å²) >= 11 is 6.28. The van der Waals surface area contributed by atoms with E-state index in [2.05, 4.69) is 20.1 Å². The van der Waals surface area contributed by atoms with Gasteiger partial charge in [-0.25, -0.2) is 8.42 Å². The number of benzene rings is 1. The van der Waals surface area contributed by atoms with E-state index >= 15 is 0 Å². The van der Waals surface area contributed by atoms with Crippen molar-refractivity contribution in [3.05, 3.63) is 29.3 Å². The summed E-state index contributed by atoms with van der Waals surface area (Å²) in [6.45, 7) is 8.82. The summed E-state index contributed by atoms with van der Waals surface area (Å²) < 4.78 is 23.7. The van der Waals surface area contributed by atoms with Gasteiger partial charge >= 0.3 is 0 Å². The van der Waals surface area contributed by atoms with Crippen LogP contribution in [0.15, 0.2) is 29.3 Å². The Labute approximate surface area is 162 Å². The fourth-order valence-electron chi connectivity index (χ4n) is 2.80. The van der Waals surface area contributed by atoms with Crippen molar-refractivity contribution in [1.82, 2.24) is 10.2 Å². The highest BCUT2D eigenvalue weighted by Gasteiger charge is 2.28. The first-order valence-electron chi connectivity index (χ1n) is 8.83. The molecule has 0 bridgehead atoms. The lowest BCUT2D eigenvalue weighted by molar-refractivity contribution is 0.373. The normalized spacial score (nSPS) is 16.7. The second kappa shape index (κ2) is 8.48. The van der Waals surface area contributed by atoms with Gasteiger partial charge in [-0.3, -0.25) is 4.99 Å². The van der Waals surface area contributed by atoms with Crippen molar-refractivity contribution in [2.45, 2.75) is 25.5 Å². The van der Waals surface area contributed by atoms with Gasteiger partial charge in [0.1, 0.15) is 0 Å². The van der Waals surface area contributed by atoms with Gasteiger partial charge in [0.15, 0.2) is 15.8 Å². The van der Waals surface area contributed by atoms with Crippen molar-refractivity contribution in [3.63, 3.8) is 0 Å². The number of nitrogens with zero attached hydrogens (tertiary/aromatic N) is 3. The number of guanidine groups is 1. The molecular weight excluding hydrogens is 372 g/mol. The van der Waals surface area contributed by atoms with Gasteiger partial charge in [0.2, 0.25) is 0 Å². The average Bonchev–Trinajstić information content (AvgIpc) is 2.58. The molecule has 0 spiro atoms. The Morgan fingerprint density at radius 3 is 2.35 bits per heavy atom. The van der Waals surface area contributed by atoms with Crippen LogP contribution in [-0.4, -0.2) is 69.5 Å². The maximum Gasteiger partial charge on any atom is 0.193 e. The molecule has 0 aromatic heterocycles. The molecule has 0 saturated carbocycles. The smallest absolute Gasteiger partial charge is 0.193 e. The third-order valence-corrected chi connectivity index (χ3v) is 7.50. The Morgan fingerprint density at radius 1 is 1.19 bits per heavy atom. The topological polar surface area (TPSA) is 65.0 Å². The van der Waals surface area contributed by atoms with E-state index in [1.54, 1.807) is 27.8 Å². The summed E-state index contributed by atoms with van der Waals surface area (Å²) in [6.07, 6.45) is 0. The van der Waals surface area contributed by atoms with E-state index in [-0.39, 0.29) is 5.75 Å². The molecule has 0 unspecified atom stereocenters. The molecule has 0 radical (unpaired) electrons. The molecule has 1 aromatic rings. The fraction of sp³-hybridized carbons (Fsp3) is 0.611. The van der Waals surface area contributed by atoms with Crippen molar-refractivity contribution in [2.75, 3.05) is 50.4 Å². The maximum absolute atomic E-state index is 12.2. The largest absolute Gasteiger partial charge is 0.367 e. The lowest BCUT2D eigenvalue weighted by Gasteiger charge is -2.38. The minimum atomic E-state index is -3.14. The number of sulfone groups is 1. The Bertz CT molecular complexity index is 736. The summed E-state index contributed by atoms with van der Waals surface area (Å²) in [7, 11) is -1.42. The van der Waals surface area contributed by atoms with Gasteiger partial charge in [-0.2, -0.15) is 0 Å². The van der Waals surface area contributed by atoms with E-state index < -0.39 is 14.6 Å². The van der Waals surface area contributed by atoms with Crippen LogP contribution >= 0.6 is 11.6 Å². The molecular formula is C18H29ClN4O2S. The van der Waals surface area contributed by atoms with Gasteiger partial charge in [-0.05, 0) is 32.9 Å². The minimum absolute atomic E-state index is 0.0924. The van der Waals surface area contributed by atoms with Crippen molar-refractivity contribution in [2.24, 2.45) is 4.99 Å². The monoisotopic (exact) mass is 400 g/mol. The molecule has 1 saturated heterocycles. The van der Waals surface area contributed by atoms with Gasteiger partial charge in [0, 0.05) is 39.8 Å². The van der Waals surface area contributed by atoms with Crippen LogP contribution in [0.5, 0.6) is 0 Å². The first kappa shape index (κ1) is 20.8. The molecule has 1 aromatic carbocycles. The zero-order valence-electron chi connectivity index (χ0n) is 16.0. The Hall–Kier alpha value is -1.47. The molecule has 0 aliphatic carbocycles. The van der Waals surface area contributed by atoms with Crippen LogP contribution in [-0.2, 0) is 9.84 Å². The van der Waals surface area contributed by atoms with Crippen LogP contribution in [0.3, 0.4) is 0 Å². The molecule has 1 heterocycles. The standard InChI is InChI=1S/C18H29ClN4O2S/c1-18(2,3)26(24,25)14-9-21-17(20-4)23-12-10-22(11-13-23)16-8-6-5-7-15(16)19/h5-8H,9-14H2,1-4H3,(H,20,21). The maximum atomic E-state index is 12.2. The Morgan fingerprint density at radius 2 is 1.81 bits per heavy atom. The number of hydrogen-bond acceptors (Lipinski definition) is 4. The Balaban J connectivity index is 1.88. The molecule has 1 N–H and O–H groups in total. The zero-order chi connectivity index (χ0) is 19.4. The molecule has 1 aliphatic heterocycles. The van der Waals surface area contributed by atoms with E-state index in [0.717, 1.165) is 42.8 Å². The first-order chi connectivity index (χ1) is 12.2. The second-order valence-electron chi connectivity index (χ2n) is 7.33. The molecule has 0 atom stereocenters. The average molecular weight is 401 g/mol. The van der Waals surface area contributed by atoms with E-state index in [1.165, 1.54) is 0 Å². The summed E-state index contributed by atoms with van der Waals surface area (Å²) in [5.74, 6) is 0.836. The predicted molar refractivity (Wildman–Crippen MR) is 110 cm³/mol. The van der Waals surface area contributed by atoms with Crippen molar-refractivity contribution in [1.29, 1.82) is 0 Å². The number of aliphatic imine (C=N–C) groups is 1. The van der Waals surface area contributed by atoms with Crippen molar-refractivity contribution < 1.29 is 8.42 Å². The van der Waals surface area contributed by atoms with Gasteiger partial charge in [0.05, 0.1) is 21.2 Å². The highest BCUT2D eigenvalue weighted by Crippen LogP contribution is 2.26. The zero-order valence-corrected chi connectivity index (χ0v) is 17.6. The van der Waals surface area contributed by atoms with Crippen LogP contribution in [0.4, 0.5) is 5.69 Å². The molecule has 8 heteroatoms. The van der Waals surface area contributed by atoms with E-state index in [9.17, 15) is 8.42 Å². The highest BCUT2D eigenvalue weighted by molar-refractivity contribution is 7.92. The number of anilines is 1. The van der Waals surface area contributed by atoms with E-state index in [0.29, 0.717) is 6.54 Å². The molecule has 6 nitrogen and oxygen atoms in total. The van der Waals surface area contributed by atoms with Gasteiger partial charge in [0.25, 0.3) is 0 Å². The summed E-state index contributed by atoms with van der Waals surface area (Å²) in [6, 6.07) is 7.85. The summed E-state index contributed by atoms with van der Waals surface area (Å²) in [5.41, 5.74) is 1.05. The molecule has 26 heavy (non-hydrogen) atoms. The lowest BCUT2D eigenvalue weighted by atomic mass is 10.2. The number of rotatable bonds is 4. The number of piperazine rings is 1. The minimum Gasteiger partial charge on any atom is -0.367 e. The molecule has 1 aliphatic rings. The SMILES string of the molecule is CN=C(NCCS(=O)(=O)C(C)(C)C)N1CCN(c2ccccc2Cl)CC1. The molecule has 146 valence electrons.